The minimum Gasteiger partial charge on any atom is -0.351 e. The number of aromatic nitrogens is 2. The minimum absolute atomic E-state index is 0.0297. The summed E-state index contributed by atoms with van der Waals surface area (Å²) in [5, 5.41) is 2.85. The maximum atomic E-state index is 12.1. The van der Waals surface area contributed by atoms with Crippen LogP contribution in [0.4, 0.5) is 5.95 Å². The summed E-state index contributed by atoms with van der Waals surface area (Å²) in [4.78, 5) is 22.5. The molecule has 1 aliphatic heterocycles. The van der Waals surface area contributed by atoms with Crippen molar-refractivity contribution in [2.24, 2.45) is 0 Å². The topological polar surface area (TPSA) is 58.1 Å². The smallest absolute Gasteiger partial charge is 0.243 e. The summed E-state index contributed by atoms with van der Waals surface area (Å²) in [6, 6.07) is 1.61. The van der Waals surface area contributed by atoms with E-state index in [4.69, 9.17) is 0 Å². The Morgan fingerprint density at radius 3 is 3.00 bits per heavy atom. The molecule has 96 valence electrons. The Labute approximate surface area is 107 Å². The van der Waals surface area contributed by atoms with Crippen molar-refractivity contribution in [3.05, 3.63) is 31.1 Å². The van der Waals surface area contributed by atoms with Crippen molar-refractivity contribution < 1.29 is 4.79 Å². The number of nitrogens with zero attached hydrogens (tertiary/aromatic N) is 3. The molecule has 0 aliphatic carbocycles. The van der Waals surface area contributed by atoms with Crippen LogP contribution in [0.15, 0.2) is 31.1 Å². The number of hydrogen-bond acceptors (Lipinski definition) is 4. The fraction of sp³-hybridized carbons (Fsp3) is 0.462. The quantitative estimate of drug-likeness (QED) is 0.809. The van der Waals surface area contributed by atoms with Crippen molar-refractivity contribution in [1.82, 2.24) is 15.3 Å². The highest BCUT2D eigenvalue weighted by Crippen LogP contribution is 2.21. The first-order valence-corrected chi connectivity index (χ1v) is 6.25. The Morgan fingerprint density at radius 2 is 2.28 bits per heavy atom. The zero-order chi connectivity index (χ0) is 12.8. The van der Waals surface area contributed by atoms with Gasteiger partial charge in [-0.1, -0.05) is 6.08 Å². The Morgan fingerprint density at radius 1 is 1.50 bits per heavy atom. The fourth-order valence-electron chi connectivity index (χ4n) is 2.17. The van der Waals surface area contributed by atoms with Crippen LogP contribution < -0.4 is 10.2 Å². The molecule has 1 aromatic rings. The van der Waals surface area contributed by atoms with E-state index in [0.717, 1.165) is 25.8 Å². The molecule has 18 heavy (non-hydrogen) atoms. The van der Waals surface area contributed by atoms with E-state index in [0.29, 0.717) is 12.5 Å². The molecule has 0 radical (unpaired) electrons. The maximum absolute atomic E-state index is 12.1. The van der Waals surface area contributed by atoms with Gasteiger partial charge in [-0.25, -0.2) is 9.97 Å². The SMILES string of the molecule is C=CCNC(=O)C1CCCCN1c1ncccn1. The summed E-state index contributed by atoms with van der Waals surface area (Å²) in [5.41, 5.74) is 0. The fourth-order valence-corrected chi connectivity index (χ4v) is 2.17. The van der Waals surface area contributed by atoms with Gasteiger partial charge in [-0.05, 0) is 25.3 Å². The average molecular weight is 246 g/mol. The van der Waals surface area contributed by atoms with Gasteiger partial charge in [0.05, 0.1) is 0 Å². The van der Waals surface area contributed by atoms with Gasteiger partial charge in [0, 0.05) is 25.5 Å². The lowest BCUT2D eigenvalue weighted by molar-refractivity contribution is -0.122. The Kier molecular flexibility index (Phi) is 4.28. The molecule has 1 N–H and O–H groups in total. The van der Waals surface area contributed by atoms with Gasteiger partial charge in [-0.2, -0.15) is 0 Å². The summed E-state index contributed by atoms with van der Waals surface area (Å²) in [6.45, 7) is 4.93. The van der Waals surface area contributed by atoms with Gasteiger partial charge in [0.25, 0.3) is 0 Å². The standard InChI is InChI=1S/C13H18N4O/c1-2-7-14-12(18)11-6-3-4-10-17(11)13-15-8-5-9-16-13/h2,5,8-9,11H,1,3-4,6-7,10H2,(H,14,18). The summed E-state index contributed by atoms with van der Waals surface area (Å²) in [6.07, 6.45) is 8.08. The third-order valence-electron chi connectivity index (χ3n) is 3.04. The number of amides is 1. The van der Waals surface area contributed by atoms with Gasteiger partial charge in [-0.3, -0.25) is 4.79 Å². The average Bonchev–Trinajstić information content (AvgIpc) is 2.45. The van der Waals surface area contributed by atoms with Crippen molar-refractivity contribution in [3.63, 3.8) is 0 Å². The van der Waals surface area contributed by atoms with Crippen LogP contribution >= 0.6 is 0 Å². The molecule has 5 heteroatoms. The molecule has 1 amide bonds. The van der Waals surface area contributed by atoms with Crippen LogP contribution in [0, 0.1) is 0 Å². The molecule has 2 heterocycles. The van der Waals surface area contributed by atoms with Gasteiger partial charge >= 0.3 is 0 Å². The molecule has 1 unspecified atom stereocenters. The Hall–Kier alpha value is -1.91. The summed E-state index contributed by atoms with van der Waals surface area (Å²) < 4.78 is 0. The molecule has 1 atom stereocenters. The third-order valence-corrected chi connectivity index (χ3v) is 3.04. The van der Waals surface area contributed by atoms with E-state index >= 15 is 0 Å². The summed E-state index contributed by atoms with van der Waals surface area (Å²) >= 11 is 0. The molecular formula is C13H18N4O. The lowest BCUT2D eigenvalue weighted by atomic mass is 10.0. The predicted molar refractivity (Wildman–Crippen MR) is 70.2 cm³/mol. The summed E-state index contributed by atoms with van der Waals surface area (Å²) in [5.74, 6) is 0.665. The molecular weight excluding hydrogens is 228 g/mol. The van der Waals surface area contributed by atoms with Crippen molar-refractivity contribution in [2.75, 3.05) is 18.0 Å². The lowest BCUT2D eigenvalue weighted by Crippen LogP contribution is -2.50. The number of rotatable bonds is 4. The molecule has 1 aromatic heterocycles. The monoisotopic (exact) mass is 246 g/mol. The van der Waals surface area contributed by atoms with E-state index < -0.39 is 0 Å². The van der Waals surface area contributed by atoms with Crippen molar-refractivity contribution in [3.8, 4) is 0 Å². The normalized spacial score (nSPS) is 19.3. The number of anilines is 1. The highest BCUT2D eigenvalue weighted by molar-refractivity contribution is 5.85. The number of piperidine rings is 1. The van der Waals surface area contributed by atoms with Gasteiger partial charge in [0.2, 0.25) is 11.9 Å². The molecule has 0 spiro atoms. The second kappa shape index (κ2) is 6.14. The largest absolute Gasteiger partial charge is 0.351 e. The van der Waals surface area contributed by atoms with E-state index in [9.17, 15) is 4.79 Å². The van der Waals surface area contributed by atoms with Crippen LogP contribution in [0.1, 0.15) is 19.3 Å². The van der Waals surface area contributed by atoms with Crippen LogP contribution in [0.5, 0.6) is 0 Å². The first-order valence-electron chi connectivity index (χ1n) is 6.25. The van der Waals surface area contributed by atoms with Crippen LogP contribution in [-0.4, -0.2) is 35.0 Å². The Balaban J connectivity index is 2.11. The van der Waals surface area contributed by atoms with Crippen LogP contribution in [0.2, 0.25) is 0 Å². The first kappa shape index (κ1) is 12.5. The minimum atomic E-state index is -0.166. The molecule has 0 aromatic carbocycles. The zero-order valence-electron chi connectivity index (χ0n) is 10.4. The second-order valence-electron chi connectivity index (χ2n) is 4.29. The molecule has 2 rings (SSSR count). The lowest BCUT2D eigenvalue weighted by Gasteiger charge is -2.34. The zero-order valence-corrected chi connectivity index (χ0v) is 10.4. The van der Waals surface area contributed by atoms with Crippen molar-refractivity contribution in [2.45, 2.75) is 25.3 Å². The number of hydrogen-bond donors (Lipinski definition) is 1. The maximum Gasteiger partial charge on any atom is 0.243 e. The van der Waals surface area contributed by atoms with E-state index in [1.807, 2.05) is 4.90 Å². The van der Waals surface area contributed by atoms with Crippen LogP contribution in [-0.2, 0) is 4.79 Å². The van der Waals surface area contributed by atoms with Crippen molar-refractivity contribution in [1.29, 1.82) is 0 Å². The molecule has 1 aliphatic rings. The highest BCUT2D eigenvalue weighted by atomic mass is 16.2. The molecule has 1 fully saturated rings. The molecule has 0 saturated carbocycles. The van der Waals surface area contributed by atoms with E-state index in [1.165, 1.54) is 0 Å². The number of nitrogens with one attached hydrogen (secondary N) is 1. The van der Waals surface area contributed by atoms with Gasteiger partial charge < -0.3 is 10.2 Å². The molecule has 5 nitrogen and oxygen atoms in total. The highest BCUT2D eigenvalue weighted by Gasteiger charge is 2.29. The molecule has 0 bridgehead atoms. The van der Waals surface area contributed by atoms with Crippen LogP contribution in [0.3, 0.4) is 0 Å². The van der Waals surface area contributed by atoms with Gasteiger partial charge in [0.1, 0.15) is 6.04 Å². The van der Waals surface area contributed by atoms with E-state index in [-0.39, 0.29) is 11.9 Å². The summed E-state index contributed by atoms with van der Waals surface area (Å²) in [7, 11) is 0. The van der Waals surface area contributed by atoms with Gasteiger partial charge in [-0.15, -0.1) is 6.58 Å². The third kappa shape index (κ3) is 2.85. The van der Waals surface area contributed by atoms with E-state index in [2.05, 4.69) is 21.9 Å². The number of carbonyl (C=O) groups is 1. The van der Waals surface area contributed by atoms with Crippen molar-refractivity contribution >= 4 is 11.9 Å². The second-order valence-corrected chi connectivity index (χ2v) is 4.29. The Bertz CT molecular complexity index is 407. The van der Waals surface area contributed by atoms with Gasteiger partial charge in [0.15, 0.2) is 0 Å². The van der Waals surface area contributed by atoms with E-state index in [1.54, 1.807) is 24.5 Å². The van der Waals surface area contributed by atoms with Crippen LogP contribution in [0.25, 0.3) is 0 Å². The first-order chi connectivity index (χ1) is 8.83. The molecule has 1 saturated heterocycles. The number of carbonyl (C=O) groups excluding carboxylic acids is 1. The predicted octanol–water partition coefficient (Wildman–Crippen LogP) is 1.14.